The van der Waals surface area contributed by atoms with Crippen LogP contribution in [-0.2, 0) is 9.53 Å². The molecule has 3 aliphatic rings. The van der Waals surface area contributed by atoms with Crippen molar-refractivity contribution in [2.24, 2.45) is 5.41 Å². The fourth-order valence-corrected chi connectivity index (χ4v) is 5.14. The van der Waals surface area contributed by atoms with Gasteiger partial charge in [0.15, 0.2) is 0 Å². The van der Waals surface area contributed by atoms with Crippen molar-refractivity contribution in [1.29, 1.82) is 0 Å². The Balaban J connectivity index is 1.20. The molecule has 1 spiro atoms. The molecule has 0 N–H and O–H groups in total. The van der Waals surface area contributed by atoms with Crippen molar-refractivity contribution in [1.82, 2.24) is 19.7 Å². The fraction of sp³-hybridized carbons (Fsp3) is 0.696. The van der Waals surface area contributed by atoms with E-state index in [9.17, 15) is 9.59 Å². The molecule has 170 valence electrons. The molecule has 0 saturated carbocycles. The summed E-state index contributed by atoms with van der Waals surface area (Å²) in [7, 11) is 0. The normalized spacial score (nSPS) is 21.5. The molecule has 3 saturated heterocycles. The van der Waals surface area contributed by atoms with E-state index in [1.807, 2.05) is 24.2 Å². The van der Waals surface area contributed by atoms with Gasteiger partial charge in [0.25, 0.3) is 0 Å². The number of urea groups is 1. The number of hydrogen-bond donors (Lipinski definition) is 0. The number of aromatic nitrogens is 1. The largest absolute Gasteiger partial charge is 0.466 e. The lowest BCUT2D eigenvalue weighted by molar-refractivity contribution is -0.143. The number of rotatable bonds is 5. The van der Waals surface area contributed by atoms with Gasteiger partial charge in [-0.25, -0.2) is 4.79 Å². The number of esters is 1. The Hall–Kier alpha value is -2.35. The number of likely N-dealkylation sites (tertiary alicyclic amines) is 1. The van der Waals surface area contributed by atoms with Gasteiger partial charge in [-0.2, -0.15) is 0 Å². The van der Waals surface area contributed by atoms with Crippen molar-refractivity contribution >= 4 is 17.7 Å². The Morgan fingerprint density at radius 1 is 0.968 bits per heavy atom. The Labute approximate surface area is 185 Å². The van der Waals surface area contributed by atoms with E-state index in [0.717, 1.165) is 65.2 Å². The van der Waals surface area contributed by atoms with Crippen molar-refractivity contribution < 1.29 is 14.3 Å². The molecule has 4 heterocycles. The van der Waals surface area contributed by atoms with E-state index >= 15 is 0 Å². The fourth-order valence-electron chi connectivity index (χ4n) is 5.14. The number of piperazine rings is 1. The highest BCUT2D eigenvalue weighted by Crippen LogP contribution is 2.41. The molecule has 4 rings (SSSR count). The maximum Gasteiger partial charge on any atom is 0.320 e. The summed E-state index contributed by atoms with van der Waals surface area (Å²) in [5.74, 6) is -0.141. The summed E-state index contributed by atoms with van der Waals surface area (Å²) in [6, 6.07) is 4.36. The van der Waals surface area contributed by atoms with Crippen molar-refractivity contribution in [2.75, 3.05) is 70.4 Å². The van der Waals surface area contributed by atoms with E-state index in [1.54, 1.807) is 0 Å². The molecule has 0 aromatic carbocycles. The molecule has 0 bridgehead atoms. The minimum absolute atomic E-state index is 0.141. The number of hydrogen-bond acceptors (Lipinski definition) is 6. The van der Waals surface area contributed by atoms with Gasteiger partial charge in [-0.1, -0.05) is 0 Å². The summed E-state index contributed by atoms with van der Waals surface area (Å²) in [6.45, 7) is 9.96. The second-order valence-corrected chi connectivity index (χ2v) is 9.03. The Kier molecular flexibility index (Phi) is 6.95. The summed E-state index contributed by atoms with van der Waals surface area (Å²) in [5, 5.41) is 0. The molecule has 2 amide bonds. The average molecular weight is 430 g/mol. The number of anilines is 1. The molecule has 0 aliphatic carbocycles. The standard InChI is InChI=1S/C23H35N5O3/c1-2-31-21(29)5-11-25-15-17-27(18-16-25)22(30)26-12-6-23(7-13-26)8-14-28(19-23)20-3-9-24-10-4-20/h3-4,9-10H,2,5-8,11-19H2,1H3. The topological polar surface area (TPSA) is 69.2 Å². The van der Waals surface area contributed by atoms with Crippen molar-refractivity contribution in [3.63, 3.8) is 0 Å². The lowest BCUT2D eigenvalue weighted by atomic mass is 9.78. The van der Waals surface area contributed by atoms with Crippen LogP contribution in [0.1, 0.15) is 32.6 Å². The van der Waals surface area contributed by atoms with Crippen LogP contribution in [0.4, 0.5) is 10.5 Å². The SMILES string of the molecule is CCOC(=O)CCN1CCN(C(=O)N2CCC3(CC2)CCN(c2ccncc2)C3)CC1. The molecule has 0 radical (unpaired) electrons. The average Bonchev–Trinajstić information content (AvgIpc) is 3.22. The van der Waals surface area contributed by atoms with Crippen LogP contribution in [-0.4, -0.2) is 97.2 Å². The molecule has 0 unspecified atom stereocenters. The summed E-state index contributed by atoms with van der Waals surface area (Å²) in [4.78, 5) is 37.5. The third-order valence-corrected chi connectivity index (χ3v) is 7.14. The molecule has 1 aromatic heterocycles. The Morgan fingerprint density at radius 2 is 1.61 bits per heavy atom. The zero-order valence-corrected chi connectivity index (χ0v) is 18.7. The summed E-state index contributed by atoms with van der Waals surface area (Å²) in [6.07, 6.45) is 7.51. The molecule has 3 fully saturated rings. The van der Waals surface area contributed by atoms with E-state index in [-0.39, 0.29) is 12.0 Å². The molecule has 3 aliphatic heterocycles. The number of amides is 2. The highest BCUT2D eigenvalue weighted by molar-refractivity contribution is 5.74. The number of piperidine rings is 1. The van der Waals surface area contributed by atoms with Crippen LogP contribution >= 0.6 is 0 Å². The van der Waals surface area contributed by atoms with E-state index in [2.05, 4.69) is 31.8 Å². The van der Waals surface area contributed by atoms with Crippen LogP contribution in [0.5, 0.6) is 0 Å². The van der Waals surface area contributed by atoms with E-state index in [4.69, 9.17) is 4.74 Å². The van der Waals surface area contributed by atoms with E-state index in [1.165, 1.54) is 12.1 Å². The third-order valence-electron chi connectivity index (χ3n) is 7.14. The van der Waals surface area contributed by atoms with Gasteiger partial charge in [-0.15, -0.1) is 0 Å². The monoisotopic (exact) mass is 429 g/mol. The van der Waals surface area contributed by atoms with Crippen LogP contribution in [0.15, 0.2) is 24.5 Å². The molecule has 1 aromatic rings. The second kappa shape index (κ2) is 9.85. The van der Waals surface area contributed by atoms with Gasteiger partial charge in [0.1, 0.15) is 0 Å². The molecule has 8 heteroatoms. The number of pyridine rings is 1. The van der Waals surface area contributed by atoms with Crippen LogP contribution in [0.2, 0.25) is 0 Å². The predicted molar refractivity (Wildman–Crippen MR) is 119 cm³/mol. The Morgan fingerprint density at radius 3 is 2.29 bits per heavy atom. The minimum Gasteiger partial charge on any atom is -0.466 e. The van der Waals surface area contributed by atoms with E-state index in [0.29, 0.717) is 25.0 Å². The minimum atomic E-state index is -0.141. The van der Waals surface area contributed by atoms with Crippen LogP contribution < -0.4 is 4.90 Å². The zero-order valence-electron chi connectivity index (χ0n) is 18.7. The highest BCUT2D eigenvalue weighted by Gasteiger charge is 2.42. The predicted octanol–water partition coefficient (Wildman–Crippen LogP) is 2.06. The van der Waals surface area contributed by atoms with E-state index < -0.39 is 0 Å². The van der Waals surface area contributed by atoms with Gasteiger partial charge in [0.05, 0.1) is 13.0 Å². The van der Waals surface area contributed by atoms with Crippen LogP contribution in [0.3, 0.4) is 0 Å². The first-order valence-corrected chi connectivity index (χ1v) is 11.7. The third kappa shape index (κ3) is 5.29. The van der Waals surface area contributed by atoms with Gasteiger partial charge >= 0.3 is 12.0 Å². The first kappa shape index (κ1) is 21.9. The molecule has 31 heavy (non-hydrogen) atoms. The number of ether oxygens (including phenoxy) is 1. The zero-order chi connectivity index (χ0) is 21.7. The van der Waals surface area contributed by atoms with Crippen LogP contribution in [0, 0.1) is 5.41 Å². The van der Waals surface area contributed by atoms with Gasteiger partial charge in [-0.3, -0.25) is 14.7 Å². The maximum absolute atomic E-state index is 13.0. The van der Waals surface area contributed by atoms with Crippen molar-refractivity contribution in [3.05, 3.63) is 24.5 Å². The number of carbonyl (C=O) groups excluding carboxylic acids is 2. The van der Waals surface area contributed by atoms with Crippen molar-refractivity contribution in [3.8, 4) is 0 Å². The molecular formula is C23H35N5O3. The first-order chi connectivity index (χ1) is 15.1. The van der Waals surface area contributed by atoms with Gasteiger partial charge in [0.2, 0.25) is 0 Å². The second-order valence-electron chi connectivity index (χ2n) is 9.03. The summed E-state index contributed by atoms with van der Waals surface area (Å²) in [5.41, 5.74) is 1.59. The van der Waals surface area contributed by atoms with Crippen molar-refractivity contribution in [2.45, 2.75) is 32.6 Å². The molecule has 8 nitrogen and oxygen atoms in total. The maximum atomic E-state index is 13.0. The molecular weight excluding hydrogens is 394 g/mol. The van der Waals surface area contributed by atoms with Gasteiger partial charge in [0, 0.05) is 77.0 Å². The highest BCUT2D eigenvalue weighted by atomic mass is 16.5. The summed E-state index contributed by atoms with van der Waals surface area (Å²) >= 11 is 0. The van der Waals surface area contributed by atoms with Crippen LogP contribution in [0.25, 0.3) is 0 Å². The lowest BCUT2D eigenvalue weighted by Crippen LogP contribution is -2.55. The first-order valence-electron chi connectivity index (χ1n) is 11.7. The van der Waals surface area contributed by atoms with Gasteiger partial charge < -0.3 is 19.4 Å². The lowest BCUT2D eigenvalue weighted by Gasteiger charge is -2.42. The number of nitrogens with zero attached hydrogens (tertiary/aromatic N) is 5. The quantitative estimate of drug-likeness (QED) is 0.668. The molecule has 0 atom stereocenters. The summed E-state index contributed by atoms with van der Waals surface area (Å²) < 4.78 is 5.00. The number of carbonyl (C=O) groups is 2. The smallest absolute Gasteiger partial charge is 0.320 e. The Bertz CT molecular complexity index is 743. The van der Waals surface area contributed by atoms with Gasteiger partial charge in [-0.05, 0) is 43.7 Å².